The summed E-state index contributed by atoms with van der Waals surface area (Å²) in [6.07, 6.45) is 4.35. The minimum atomic E-state index is -0.439. The predicted molar refractivity (Wildman–Crippen MR) is 98.5 cm³/mol. The average Bonchev–Trinajstić information content (AvgIpc) is 2.52. The number of hydrogen-bond donors (Lipinski definition) is 0. The van der Waals surface area contributed by atoms with Crippen LogP contribution in [0.25, 0.3) is 11.1 Å². The Balaban J connectivity index is 0.00000225. The van der Waals surface area contributed by atoms with Gasteiger partial charge in [-0.25, -0.2) is 8.78 Å². The van der Waals surface area contributed by atoms with Gasteiger partial charge >= 0.3 is 0 Å². The highest BCUT2D eigenvalue weighted by Crippen LogP contribution is 2.38. The van der Waals surface area contributed by atoms with Gasteiger partial charge in [-0.1, -0.05) is 31.9 Å². The van der Waals surface area contributed by atoms with E-state index in [1.54, 1.807) is 12.1 Å². The number of rotatable bonds is 2. The van der Waals surface area contributed by atoms with Gasteiger partial charge in [-0.05, 0) is 85.4 Å². The quantitative estimate of drug-likeness (QED) is 0.551. The molecule has 1 fully saturated rings. The molecule has 0 nitrogen and oxygen atoms in total. The van der Waals surface area contributed by atoms with Gasteiger partial charge in [-0.15, -0.1) is 0 Å². The molecular weight excluding hydrogens is 302 g/mol. The predicted octanol–water partition coefficient (Wildman–Crippen LogP) is 7.10. The minimum Gasteiger partial charge on any atom is -0.206 e. The lowest BCUT2D eigenvalue weighted by molar-refractivity contribution is 0.346. The molecule has 0 bridgehead atoms. The van der Waals surface area contributed by atoms with E-state index >= 15 is 0 Å². The molecule has 0 radical (unpaired) electrons. The van der Waals surface area contributed by atoms with E-state index in [4.69, 9.17) is 0 Å². The molecule has 2 aromatic rings. The summed E-state index contributed by atoms with van der Waals surface area (Å²) in [5.74, 6) is 0.145. The molecule has 1 aliphatic rings. The summed E-state index contributed by atoms with van der Waals surface area (Å²) >= 11 is 0. The molecule has 0 aromatic heterocycles. The molecule has 24 heavy (non-hydrogen) atoms. The fraction of sp³-hybridized carbons (Fsp3) is 0.455. The first-order chi connectivity index (χ1) is 11.4. The molecule has 0 atom stereocenters. The maximum absolute atomic E-state index is 14.8. The summed E-state index contributed by atoms with van der Waals surface area (Å²) in [5, 5.41) is 0. The minimum absolute atomic E-state index is 0. The van der Waals surface area contributed by atoms with E-state index in [-0.39, 0.29) is 6.99 Å². The molecule has 0 amide bonds. The van der Waals surface area contributed by atoms with E-state index in [9.17, 15) is 8.78 Å². The van der Waals surface area contributed by atoms with Crippen LogP contribution in [-0.4, -0.2) is 0 Å². The largest absolute Gasteiger partial charge is 0.206 e. The fourth-order valence-corrected chi connectivity index (χ4v) is 3.88. The lowest BCUT2D eigenvalue weighted by Crippen LogP contribution is -2.11. The molecule has 0 spiro atoms. The van der Waals surface area contributed by atoms with Crippen LogP contribution < -0.4 is 0 Å². The number of hydrogen-bond acceptors (Lipinski definition) is 0. The zero-order valence-corrected chi connectivity index (χ0v) is 15.0. The van der Waals surface area contributed by atoms with Crippen LogP contribution in [0.3, 0.4) is 0 Å². The lowest BCUT2D eigenvalue weighted by Gasteiger charge is -2.26. The van der Waals surface area contributed by atoms with E-state index in [1.165, 1.54) is 5.56 Å². The third-order valence-corrected chi connectivity index (χ3v) is 5.77. The number of halogens is 2. The van der Waals surface area contributed by atoms with Gasteiger partial charge in [0.15, 0.2) is 0 Å². The SMILES string of the molecule is Cc1cc(-c2c(F)cc(C3CCC(C)CC3)cc2F)cc(C)c1C.[HH]. The standard InChI is InChI=1S/C22H26F2.H2/c1-13-5-7-17(8-6-13)18-11-20(23)22(21(24)12-18)19-9-14(2)16(4)15(3)10-19;/h9-13,17H,5-8H2,1-4H3;1H. The van der Waals surface area contributed by atoms with Crippen molar-refractivity contribution in [2.45, 2.75) is 59.3 Å². The van der Waals surface area contributed by atoms with Gasteiger partial charge in [0.1, 0.15) is 11.6 Å². The second-order valence-electron chi connectivity index (χ2n) is 7.55. The maximum atomic E-state index is 14.8. The topological polar surface area (TPSA) is 0 Å². The average molecular weight is 330 g/mol. The van der Waals surface area contributed by atoms with Crippen LogP contribution in [0, 0.1) is 38.3 Å². The zero-order valence-electron chi connectivity index (χ0n) is 15.0. The highest BCUT2D eigenvalue weighted by Gasteiger charge is 2.23. The van der Waals surface area contributed by atoms with Crippen LogP contribution in [0.5, 0.6) is 0 Å². The second kappa shape index (κ2) is 6.66. The molecular formula is C22H28F2. The van der Waals surface area contributed by atoms with Crippen molar-refractivity contribution in [3.05, 3.63) is 58.2 Å². The Morgan fingerprint density at radius 3 is 1.83 bits per heavy atom. The van der Waals surface area contributed by atoms with Crippen LogP contribution in [0.15, 0.2) is 24.3 Å². The van der Waals surface area contributed by atoms with Crippen LogP contribution in [0.4, 0.5) is 8.78 Å². The monoisotopic (exact) mass is 330 g/mol. The molecule has 1 saturated carbocycles. The Bertz CT molecular complexity index is 713. The molecule has 0 aliphatic heterocycles. The van der Waals surface area contributed by atoms with Gasteiger partial charge < -0.3 is 0 Å². The zero-order chi connectivity index (χ0) is 17.4. The Hall–Kier alpha value is -1.70. The highest BCUT2D eigenvalue weighted by molar-refractivity contribution is 5.68. The third-order valence-electron chi connectivity index (χ3n) is 5.77. The van der Waals surface area contributed by atoms with Crippen molar-refractivity contribution in [3.63, 3.8) is 0 Å². The smallest absolute Gasteiger partial charge is 0.134 e. The normalized spacial score (nSPS) is 21.1. The van der Waals surface area contributed by atoms with E-state index in [2.05, 4.69) is 6.92 Å². The highest BCUT2D eigenvalue weighted by atomic mass is 19.1. The van der Waals surface area contributed by atoms with Crippen molar-refractivity contribution in [3.8, 4) is 11.1 Å². The van der Waals surface area contributed by atoms with Crippen LogP contribution >= 0.6 is 0 Å². The van der Waals surface area contributed by atoms with Gasteiger partial charge in [-0.3, -0.25) is 0 Å². The first-order valence-corrected chi connectivity index (χ1v) is 8.94. The van der Waals surface area contributed by atoms with Gasteiger partial charge in [0.2, 0.25) is 0 Å². The van der Waals surface area contributed by atoms with E-state index in [0.717, 1.165) is 48.3 Å². The van der Waals surface area contributed by atoms with Gasteiger partial charge in [0.25, 0.3) is 0 Å². The number of aryl methyl sites for hydroxylation is 2. The summed E-state index contributed by atoms with van der Waals surface area (Å²) in [6.45, 7) is 8.26. The molecule has 130 valence electrons. The first kappa shape index (κ1) is 17.1. The van der Waals surface area contributed by atoms with Crippen molar-refractivity contribution in [1.29, 1.82) is 0 Å². The summed E-state index contributed by atoms with van der Waals surface area (Å²) in [7, 11) is 0. The van der Waals surface area contributed by atoms with Crippen molar-refractivity contribution < 1.29 is 10.2 Å². The van der Waals surface area contributed by atoms with Crippen molar-refractivity contribution in [2.75, 3.05) is 0 Å². The molecule has 2 aromatic carbocycles. The second-order valence-corrected chi connectivity index (χ2v) is 7.55. The molecule has 0 unspecified atom stereocenters. The van der Waals surface area contributed by atoms with E-state index in [0.29, 0.717) is 11.5 Å². The Morgan fingerprint density at radius 2 is 1.33 bits per heavy atom. The van der Waals surface area contributed by atoms with E-state index in [1.807, 2.05) is 32.9 Å². The molecule has 0 N–H and O–H groups in total. The first-order valence-electron chi connectivity index (χ1n) is 8.94. The van der Waals surface area contributed by atoms with Crippen molar-refractivity contribution >= 4 is 0 Å². The summed E-state index contributed by atoms with van der Waals surface area (Å²) in [6, 6.07) is 6.88. The van der Waals surface area contributed by atoms with Crippen molar-refractivity contribution in [1.82, 2.24) is 0 Å². The van der Waals surface area contributed by atoms with Gasteiger partial charge in [0.05, 0.1) is 5.56 Å². The molecule has 0 saturated heterocycles. The van der Waals surface area contributed by atoms with Crippen molar-refractivity contribution in [2.24, 2.45) is 5.92 Å². The van der Waals surface area contributed by atoms with E-state index < -0.39 is 11.6 Å². The van der Waals surface area contributed by atoms with Gasteiger partial charge in [0, 0.05) is 1.43 Å². The van der Waals surface area contributed by atoms with Crippen LogP contribution in [0.2, 0.25) is 0 Å². The third kappa shape index (κ3) is 3.24. The molecule has 3 rings (SSSR count). The van der Waals surface area contributed by atoms with Crippen LogP contribution in [0.1, 0.15) is 62.2 Å². The lowest BCUT2D eigenvalue weighted by atomic mass is 9.79. The summed E-state index contributed by atoms with van der Waals surface area (Å²) in [4.78, 5) is 0. The maximum Gasteiger partial charge on any atom is 0.134 e. The Kier molecular flexibility index (Phi) is 4.76. The molecule has 1 aliphatic carbocycles. The molecule has 0 heterocycles. The number of benzene rings is 2. The summed E-state index contributed by atoms with van der Waals surface area (Å²) < 4.78 is 29.5. The van der Waals surface area contributed by atoms with Gasteiger partial charge in [-0.2, -0.15) is 0 Å². The Morgan fingerprint density at radius 1 is 0.833 bits per heavy atom. The summed E-state index contributed by atoms with van der Waals surface area (Å²) in [5.41, 5.74) is 4.86. The van der Waals surface area contributed by atoms with Crippen LogP contribution in [-0.2, 0) is 0 Å². The molecule has 2 heteroatoms. The fourth-order valence-electron chi connectivity index (χ4n) is 3.88. The Labute approximate surface area is 145 Å².